The van der Waals surface area contributed by atoms with Gasteiger partial charge < -0.3 is 4.43 Å². The molecule has 0 aromatic rings. The van der Waals surface area contributed by atoms with Gasteiger partial charge in [-0.1, -0.05) is 65.2 Å². The van der Waals surface area contributed by atoms with Crippen molar-refractivity contribution in [2.75, 3.05) is 0 Å². The zero-order valence-corrected chi connectivity index (χ0v) is 12.6. The molecule has 0 bridgehead atoms. The molecule has 0 aliphatic rings. The first-order valence-electron chi connectivity index (χ1n) is 7.23. The Morgan fingerprint density at radius 3 is 2.06 bits per heavy atom. The second-order valence-electron chi connectivity index (χ2n) is 4.59. The molecule has 0 heterocycles. The van der Waals surface area contributed by atoms with E-state index in [1.165, 1.54) is 44.9 Å². The fraction of sp³-hybridized carbons (Fsp3) is 0.929. The second-order valence-corrected chi connectivity index (χ2v) is 5.59. The average Bonchev–Trinajstić information content (AvgIpc) is 2.33. The number of unbranched alkanes of at least 4 members (excludes halogenated alkanes) is 7. The molecule has 0 aromatic carbocycles. The van der Waals surface area contributed by atoms with Crippen LogP contribution in [0.4, 0.5) is 0 Å². The Morgan fingerprint density at radius 2 is 1.47 bits per heavy atom. The predicted octanol–water partition coefficient (Wildman–Crippen LogP) is 4.51. The molecule has 0 atom stereocenters. The van der Waals surface area contributed by atoms with Crippen molar-refractivity contribution in [2.45, 2.75) is 84.1 Å². The summed E-state index contributed by atoms with van der Waals surface area (Å²) in [6.45, 7) is 4.35. The molecule has 0 saturated heterocycles. The summed E-state index contributed by atoms with van der Waals surface area (Å²) >= 11 is 0. The van der Waals surface area contributed by atoms with Gasteiger partial charge in [-0.2, -0.15) is 0 Å². The van der Waals surface area contributed by atoms with Gasteiger partial charge in [0.15, 0.2) is 0 Å². The molecule has 3 heteroatoms. The number of carbonyl (C=O) groups excluding carboxylic acids is 1. The first-order chi connectivity index (χ1) is 8.31. The van der Waals surface area contributed by atoms with Gasteiger partial charge >= 0.3 is 9.76 Å². The molecule has 0 N–H and O–H groups in total. The Kier molecular flexibility index (Phi) is 13.5. The van der Waals surface area contributed by atoms with E-state index in [1.54, 1.807) is 0 Å². The van der Waals surface area contributed by atoms with Gasteiger partial charge in [-0.3, -0.25) is 4.79 Å². The summed E-state index contributed by atoms with van der Waals surface area (Å²) in [6, 6.07) is 1.02. The van der Waals surface area contributed by atoms with E-state index in [4.69, 9.17) is 4.43 Å². The summed E-state index contributed by atoms with van der Waals surface area (Å²) in [5.74, 6) is 0.00256. The lowest BCUT2D eigenvalue weighted by molar-refractivity contribution is -0.134. The number of hydrogen-bond donors (Lipinski definition) is 0. The van der Waals surface area contributed by atoms with Crippen LogP contribution in [0.5, 0.6) is 0 Å². The van der Waals surface area contributed by atoms with Gasteiger partial charge in [0, 0.05) is 6.42 Å². The molecule has 0 unspecified atom stereocenters. The predicted molar refractivity (Wildman–Crippen MR) is 74.2 cm³/mol. The van der Waals surface area contributed by atoms with Crippen molar-refractivity contribution in [1.29, 1.82) is 0 Å². The number of rotatable bonds is 12. The van der Waals surface area contributed by atoms with Crippen LogP contribution in [0.2, 0.25) is 6.04 Å². The van der Waals surface area contributed by atoms with Crippen LogP contribution in [0.25, 0.3) is 0 Å². The van der Waals surface area contributed by atoms with Crippen LogP contribution in [-0.2, 0) is 9.22 Å². The summed E-state index contributed by atoms with van der Waals surface area (Å²) < 4.78 is 5.13. The summed E-state index contributed by atoms with van der Waals surface area (Å²) in [4.78, 5) is 11.3. The highest BCUT2D eigenvalue weighted by molar-refractivity contribution is 6.30. The van der Waals surface area contributed by atoms with Crippen LogP contribution in [-0.4, -0.2) is 15.7 Å². The molecular weight excluding hydrogens is 228 g/mol. The maximum Gasteiger partial charge on any atom is 0.314 e. The van der Waals surface area contributed by atoms with Gasteiger partial charge in [0.25, 0.3) is 5.97 Å². The third-order valence-corrected chi connectivity index (χ3v) is 3.85. The lowest BCUT2D eigenvalue weighted by Crippen LogP contribution is -2.07. The zero-order chi connectivity index (χ0) is 12.8. The molecule has 0 rings (SSSR count). The van der Waals surface area contributed by atoms with Crippen LogP contribution in [0, 0.1) is 0 Å². The molecule has 100 valence electrons. The Bertz CT molecular complexity index is 172. The quantitative estimate of drug-likeness (QED) is 0.379. The first-order valence-corrected chi connectivity index (χ1v) is 8.35. The van der Waals surface area contributed by atoms with E-state index in [1.807, 2.05) is 0 Å². The van der Waals surface area contributed by atoms with E-state index in [2.05, 4.69) is 13.8 Å². The average molecular weight is 256 g/mol. The van der Waals surface area contributed by atoms with Crippen molar-refractivity contribution >= 4 is 15.7 Å². The third kappa shape index (κ3) is 13.6. The summed E-state index contributed by atoms with van der Waals surface area (Å²) in [6.07, 6.45) is 11.9. The van der Waals surface area contributed by atoms with E-state index in [0.717, 1.165) is 18.9 Å². The molecule has 0 fully saturated rings. The summed E-state index contributed by atoms with van der Waals surface area (Å²) in [7, 11) is 0.375. The highest BCUT2D eigenvalue weighted by Gasteiger charge is 2.02. The molecular formula is C14H28O2Si. The molecule has 0 aliphatic heterocycles. The number of carbonyl (C=O) groups is 1. The standard InChI is InChI=1S/C14H28O2Si/c1-3-5-6-7-8-9-10-11-12-14(15)16-17-13-4-2/h3-13H2,1-2H3. The Morgan fingerprint density at radius 1 is 0.882 bits per heavy atom. The molecule has 0 aromatic heterocycles. The highest BCUT2D eigenvalue weighted by atomic mass is 28.2. The fourth-order valence-electron chi connectivity index (χ4n) is 1.69. The first kappa shape index (κ1) is 16.7. The Balaban J connectivity index is 3.08. The number of hydrogen-bond acceptors (Lipinski definition) is 2. The van der Waals surface area contributed by atoms with Crippen LogP contribution < -0.4 is 0 Å². The molecule has 2 radical (unpaired) electrons. The van der Waals surface area contributed by atoms with Crippen molar-refractivity contribution < 1.29 is 9.22 Å². The lowest BCUT2D eigenvalue weighted by Gasteiger charge is -2.03. The van der Waals surface area contributed by atoms with Gasteiger partial charge in [-0.15, -0.1) is 0 Å². The fourth-order valence-corrected chi connectivity index (χ4v) is 2.26. The van der Waals surface area contributed by atoms with E-state index < -0.39 is 0 Å². The van der Waals surface area contributed by atoms with Crippen LogP contribution in [0.15, 0.2) is 0 Å². The maximum absolute atomic E-state index is 11.3. The SMILES string of the molecule is CCCCCCCCCCC(=O)O[Si]CCC. The lowest BCUT2D eigenvalue weighted by atomic mass is 10.1. The largest absolute Gasteiger partial charge is 0.516 e. The van der Waals surface area contributed by atoms with Crippen molar-refractivity contribution in [3.8, 4) is 0 Å². The molecule has 2 nitrogen and oxygen atoms in total. The third-order valence-electron chi connectivity index (χ3n) is 2.77. The van der Waals surface area contributed by atoms with E-state index >= 15 is 0 Å². The molecule has 0 amide bonds. The molecule has 0 spiro atoms. The van der Waals surface area contributed by atoms with E-state index in [-0.39, 0.29) is 5.97 Å². The molecule has 0 saturated carbocycles. The van der Waals surface area contributed by atoms with Gasteiger partial charge in [-0.25, -0.2) is 0 Å². The van der Waals surface area contributed by atoms with Gasteiger partial charge in [0.1, 0.15) is 0 Å². The van der Waals surface area contributed by atoms with Crippen LogP contribution in [0.1, 0.15) is 78.1 Å². The van der Waals surface area contributed by atoms with Crippen LogP contribution in [0.3, 0.4) is 0 Å². The van der Waals surface area contributed by atoms with Crippen molar-refractivity contribution in [2.24, 2.45) is 0 Å². The van der Waals surface area contributed by atoms with Crippen molar-refractivity contribution in [1.82, 2.24) is 0 Å². The minimum Gasteiger partial charge on any atom is -0.516 e. The Labute approximate surface area is 109 Å². The van der Waals surface area contributed by atoms with E-state index in [0.29, 0.717) is 16.2 Å². The zero-order valence-electron chi connectivity index (χ0n) is 11.6. The molecule has 17 heavy (non-hydrogen) atoms. The highest BCUT2D eigenvalue weighted by Crippen LogP contribution is 2.09. The Hall–Kier alpha value is -0.313. The normalized spacial score (nSPS) is 10.5. The van der Waals surface area contributed by atoms with E-state index in [9.17, 15) is 4.79 Å². The van der Waals surface area contributed by atoms with Crippen LogP contribution >= 0.6 is 0 Å². The minimum atomic E-state index is 0.00256. The van der Waals surface area contributed by atoms with Crippen molar-refractivity contribution in [3.63, 3.8) is 0 Å². The summed E-state index contributed by atoms with van der Waals surface area (Å²) in [5.41, 5.74) is 0. The van der Waals surface area contributed by atoms with Gasteiger partial charge in [0.05, 0.1) is 0 Å². The monoisotopic (exact) mass is 256 g/mol. The smallest absolute Gasteiger partial charge is 0.314 e. The molecule has 0 aliphatic carbocycles. The second kappa shape index (κ2) is 13.8. The topological polar surface area (TPSA) is 26.3 Å². The van der Waals surface area contributed by atoms with Crippen molar-refractivity contribution in [3.05, 3.63) is 0 Å². The minimum absolute atomic E-state index is 0.00256. The van der Waals surface area contributed by atoms with Gasteiger partial charge in [-0.05, 0) is 12.5 Å². The van der Waals surface area contributed by atoms with Gasteiger partial charge in [0.2, 0.25) is 0 Å². The maximum atomic E-state index is 11.3. The summed E-state index contributed by atoms with van der Waals surface area (Å²) in [5, 5.41) is 0.